The summed E-state index contributed by atoms with van der Waals surface area (Å²) in [6, 6.07) is 8.64. The summed E-state index contributed by atoms with van der Waals surface area (Å²) < 4.78 is 5.52. The second-order valence-electron chi connectivity index (χ2n) is 3.53. The zero-order chi connectivity index (χ0) is 13.1. The Morgan fingerprint density at radius 1 is 1.17 bits per heavy atom. The summed E-state index contributed by atoms with van der Waals surface area (Å²) in [5, 5.41) is 1.00. The molecule has 0 saturated heterocycles. The van der Waals surface area contributed by atoms with E-state index >= 15 is 0 Å². The number of rotatable bonds is 3. The van der Waals surface area contributed by atoms with E-state index in [9.17, 15) is 4.79 Å². The molecule has 0 aliphatic heterocycles. The highest BCUT2D eigenvalue weighted by molar-refractivity contribution is 6.39. The second kappa shape index (κ2) is 5.29. The first-order chi connectivity index (χ1) is 8.58. The Balaban J connectivity index is 2.38. The van der Waals surface area contributed by atoms with Crippen molar-refractivity contribution in [3.05, 3.63) is 52.2 Å². The quantitative estimate of drug-likeness (QED) is 0.871. The van der Waals surface area contributed by atoms with E-state index in [1.807, 2.05) is 0 Å². The third-order valence-corrected chi connectivity index (χ3v) is 2.88. The van der Waals surface area contributed by atoms with Crippen LogP contribution in [-0.2, 0) is 4.79 Å². The van der Waals surface area contributed by atoms with Gasteiger partial charge in [-0.1, -0.05) is 29.3 Å². The molecule has 3 nitrogen and oxygen atoms in total. The molecule has 0 bridgehead atoms. The van der Waals surface area contributed by atoms with Crippen molar-refractivity contribution >= 4 is 35.2 Å². The SMILES string of the molecule is NC(=O)/C=C\c1ccc(-c2c(Cl)cccc2Cl)o1. The predicted octanol–water partition coefficient (Wildman–Crippen LogP) is 3.75. The number of hydrogen-bond donors (Lipinski definition) is 1. The van der Waals surface area contributed by atoms with Crippen molar-refractivity contribution in [1.29, 1.82) is 0 Å². The van der Waals surface area contributed by atoms with Gasteiger partial charge in [-0.05, 0) is 30.3 Å². The lowest BCUT2D eigenvalue weighted by Crippen LogP contribution is -2.04. The van der Waals surface area contributed by atoms with Gasteiger partial charge in [-0.2, -0.15) is 0 Å². The second-order valence-corrected chi connectivity index (χ2v) is 4.35. The number of hydrogen-bond acceptors (Lipinski definition) is 2. The van der Waals surface area contributed by atoms with Gasteiger partial charge in [0.15, 0.2) is 0 Å². The lowest BCUT2D eigenvalue weighted by Gasteiger charge is -2.02. The molecular weight excluding hydrogens is 273 g/mol. The van der Waals surface area contributed by atoms with Crippen molar-refractivity contribution in [2.24, 2.45) is 5.73 Å². The number of primary amides is 1. The first kappa shape index (κ1) is 12.7. The summed E-state index contributed by atoms with van der Waals surface area (Å²) in [4.78, 5) is 10.6. The normalized spacial score (nSPS) is 11.0. The predicted molar refractivity (Wildman–Crippen MR) is 72.4 cm³/mol. The minimum atomic E-state index is -0.538. The summed E-state index contributed by atoms with van der Waals surface area (Å²) in [6.45, 7) is 0. The average Bonchev–Trinajstić information content (AvgIpc) is 2.75. The van der Waals surface area contributed by atoms with Gasteiger partial charge in [0.05, 0.1) is 15.6 Å². The average molecular weight is 282 g/mol. The van der Waals surface area contributed by atoms with Crippen molar-refractivity contribution in [1.82, 2.24) is 0 Å². The molecule has 1 amide bonds. The molecule has 0 fully saturated rings. The Bertz CT molecular complexity index is 597. The Labute approximate surface area is 114 Å². The Hall–Kier alpha value is -1.71. The number of nitrogens with two attached hydrogens (primary N) is 1. The largest absolute Gasteiger partial charge is 0.457 e. The summed E-state index contributed by atoms with van der Waals surface area (Å²) in [5.41, 5.74) is 5.62. The Kier molecular flexibility index (Phi) is 3.75. The fraction of sp³-hybridized carbons (Fsp3) is 0. The van der Waals surface area contributed by atoms with E-state index in [2.05, 4.69) is 0 Å². The van der Waals surface area contributed by atoms with E-state index in [0.29, 0.717) is 27.1 Å². The summed E-state index contributed by atoms with van der Waals surface area (Å²) >= 11 is 12.1. The molecule has 0 atom stereocenters. The van der Waals surface area contributed by atoms with Gasteiger partial charge in [0.2, 0.25) is 5.91 Å². The van der Waals surface area contributed by atoms with Gasteiger partial charge in [0, 0.05) is 6.08 Å². The number of amides is 1. The molecule has 0 aliphatic carbocycles. The number of halogens is 2. The standard InChI is InChI=1S/C13H9Cl2NO2/c14-9-2-1-3-10(15)13(9)11-6-4-8(18-11)5-7-12(16)17/h1-7H,(H2,16,17)/b7-5-. The van der Waals surface area contributed by atoms with E-state index < -0.39 is 5.91 Å². The number of furan rings is 1. The molecule has 0 aliphatic rings. The van der Waals surface area contributed by atoms with Crippen LogP contribution < -0.4 is 5.73 Å². The van der Waals surface area contributed by atoms with Gasteiger partial charge < -0.3 is 10.2 Å². The van der Waals surface area contributed by atoms with Gasteiger partial charge in [0.1, 0.15) is 11.5 Å². The van der Waals surface area contributed by atoms with Crippen LogP contribution in [0.25, 0.3) is 17.4 Å². The van der Waals surface area contributed by atoms with Crippen LogP contribution in [0.4, 0.5) is 0 Å². The summed E-state index contributed by atoms with van der Waals surface area (Å²) in [7, 11) is 0. The van der Waals surface area contributed by atoms with Gasteiger partial charge in [-0.15, -0.1) is 0 Å². The van der Waals surface area contributed by atoms with Crippen molar-refractivity contribution < 1.29 is 9.21 Å². The van der Waals surface area contributed by atoms with E-state index in [4.69, 9.17) is 33.4 Å². The molecular formula is C13H9Cl2NO2. The van der Waals surface area contributed by atoms with E-state index in [0.717, 1.165) is 0 Å². The minimum absolute atomic E-state index is 0.500. The lowest BCUT2D eigenvalue weighted by atomic mass is 10.2. The first-order valence-corrected chi connectivity index (χ1v) is 5.85. The zero-order valence-electron chi connectivity index (χ0n) is 9.19. The van der Waals surface area contributed by atoms with Gasteiger partial charge in [0.25, 0.3) is 0 Å². The highest BCUT2D eigenvalue weighted by Crippen LogP contribution is 2.35. The molecule has 5 heteroatoms. The third kappa shape index (κ3) is 2.75. The van der Waals surface area contributed by atoms with Crippen molar-refractivity contribution in [2.45, 2.75) is 0 Å². The molecule has 1 heterocycles. The monoisotopic (exact) mass is 281 g/mol. The van der Waals surface area contributed by atoms with E-state index in [1.54, 1.807) is 30.3 Å². The van der Waals surface area contributed by atoms with Crippen LogP contribution in [0.3, 0.4) is 0 Å². The molecule has 1 aromatic carbocycles. The maximum absolute atomic E-state index is 10.6. The molecule has 2 N–H and O–H groups in total. The molecule has 92 valence electrons. The van der Waals surface area contributed by atoms with Crippen LogP contribution in [0, 0.1) is 0 Å². The van der Waals surface area contributed by atoms with Crippen molar-refractivity contribution in [3.63, 3.8) is 0 Å². The summed E-state index contributed by atoms with van der Waals surface area (Å²) in [5.74, 6) is 0.498. The van der Waals surface area contributed by atoms with Gasteiger partial charge in [-0.3, -0.25) is 4.79 Å². The zero-order valence-corrected chi connectivity index (χ0v) is 10.7. The van der Waals surface area contributed by atoms with Crippen LogP contribution in [0.1, 0.15) is 5.76 Å². The molecule has 0 unspecified atom stereocenters. The van der Waals surface area contributed by atoms with E-state index in [1.165, 1.54) is 12.2 Å². The minimum Gasteiger partial charge on any atom is -0.457 e. The number of carbonyl (C=O) groups is 1. The molecule has 0 radical (unpaired) electrons. The summed E-state index contributed by atoms with van der Waals surface area (Å²) in [6.07, 6.45) is 2.70. The highest BCUT2D eigenvalue weighted by Gasteiger charge is 2.11. The number of benzene rings is 1. The Morgan fingerprint density at radius 2 is 1.83 bits per heavy atom. The fourth-order valence-corrected chi connectivity index (χ4v) is 2.06. The molecule has 2 aromatic rings. The fourth-order valence-electron chi connectivity index (χ4n) is 1.47. The topological polar surface area (TPSA) is 56.2 Å². The first-order valence-electron chi connectivity index (χ1n) is 5.09. The lowest BCUT2D eigenvalue weighted by molar-refractivity contribution is -0.113. The maximum Gasteiger partial charge on any atom is 0.241 e. The maximum atomic E-state index is 10.6. The van der Waals surface area contributed by atoms with Crippen LogP contribution in [0.15, 0.2) is 40.8 Å². The van der Waals surface area contributed by atoms with Crippen LogP contribution >= 0.6 is 23.2 Å². The highest BCUT2D eigenvalue weighted by atomic mass is 35.5. The molecule has 0 spiro atoms. The number of carbonyl (C=O) groups excluding carboxylic acids is 1. The van der Waals surface area contributed by atoms with Gasteiger partial charge >= 0.3 is 0 Å². The van der Waals surface area contributed by atoms with Crippen LogP contribution in [-0.4, -0.2) is 5.91 Å². The Morgan fingerprint density at radius 3 is 2.44 bits per heavy atom. The molecule has 0 saturated carbocycles. The van der Waals surface area contributed by atoms with E-state index in [-0.39, 0.29) is 0 Å². The molecule has 2 rings (SSSR count). The molecule has 1 aromatic heterocycles. The van der Waals surface area contributed by atoms with Crippen molar-refractivity contribution in [3.8, 4) is 11.3 Å². The van der Waals surface area contributed by atoms with Crippen LogP contribution in [0.2, 0.25) is 10.0 Å². The van der Waals surface area contributed by atoms with Crippen LogP contribution in [0.5, 0.6) is 0 Å². The van der Waals surface area contributed by atoms with Crippen molar-refractivity contribution in [2.75, 3.05) is 0 Å². The molecule has 18 heavy (non-hydrogen) atoms. The van der Waals surface area contributed by atoms with Gasteiger partial charge in [-0.25, -0.2) is 0 Å². The smallest absolute Gasteiger partial charge is 0.241 e. The third-order valence-electron chi connectivity index (χ3n) is 2.25.